The second-order valence-corrected chi connectivity index (χ2v) is 10.1. The van der Waals surface area contributed by atoms with Crippen molar-refractivity contribution in [1.29, 1.82) is 0 Å². The number of carbonyl (C=O) groups excluding carboxylic acids is 1. The van der Waals surface area contributed by atoms with Gasteiger partial charge in [0, 0.05) is 11.1 Å². The molecule has 1 unspecified atom stereocenters. The number of halogens is 1. The molecule has 0 spiro atoms. The van der Waals surface area contributed by atoms with Crippen LogP contribution in [0.1, 0.15) is 36.7 Å². The number of hydrogen-bond acceptors (Lipinski definition) is 6. The lowest BCUT2D eigenvalue weighted by atomic mass is 9.92. The predicted molar refractivity (Wildman–Crippen MR) is 99.8 cm³/mol. The van der Waals surface area contributed by atoms with Crippen LogP contribution in [0.2, 0.25) is 0 Å². The lowest BCUT2D eigenvalue weighted by Gasteiger charge is -2.40. The van der Waals surface area contributed by atoms with E-state index in [2.05, 4.69) is 4.72 Å². The Bertz CT molecular complexity index is 874. The van der Waals surface area contributed by atoms with Crippen LogP contribution < -0.4 is 4.72 Å². The van der Waals surface area contributed by atoms with Crippen molar-refractivity contribution < 1.29 is 26.8 Å². The Kier molecular flexibility index (Phi) is 6.48. The highest BCUT2D eigenvalue weighted by atomic mass is 35.5. The van der Waals surface area contributed by atoms with Gasteiger partial charge in [0.25, 0.3) is 0 Å². The van der Waals surface area contributed by atoms with E-state index in [4.69, 9.17) is 20.6 Å². The fourth-order valence-corrected chi connectivity index (χ4v) is 6.66. The van der Waals surface area contributed by atoms with E-state index in [1.807, 2.05) is 0 Å². The summed E-state index contributed by atoms with van der Waals surface area (Å²) in [4.78, 5) is 12.4. The molecule has 1 aromatic rings. The Morgan fingerprint density at radius 3 is 2.27 bits per heavy atom. The number of allylic oxidation sites excluding steroid dienone is 1. The largest absolute Gasteiger partial charge is 0.360 e. The van der Waals surface area contributed by atoms with Crippen LogP contribution >= 0.6 is 19.2 Å². The van der Waals surface area contributed by atoms with Crippen molar-refractivity contribution in [1.82, 2.24) is 4.72 Å². The maximum atomic E-state index is 13.7. The Morgan fingerprint density at radius 2 is 1.73 bits per heavy atom. The fourth-order valence-electron chi connectivity index (χ4n) is 2.73. The highest BCUT2D eigenvalue weighted by Gasteiger charge is 2.56. The Morgan fingerprint density at radius 1 is 1.15 bits per heavy atom. The summed E-state index contributed by atoms with van der Waals surface area (Å²) >= 11 is 6.10. The molecule has 7 nitrogen and oxygen atoms in total. The molecular formula is C16H21ClNO6PS. The third-order valence-electron chi connectivity index (χ3n) is 3.86. The minimum Gasteiger partial charge on any atom is -0.307 e. The van der Waals surface area contributed by atoms with Gasteiger partial charge in [0.15, 0.2) is 5.28 Å². The summed E-state index contributed by atoms with van der Waals surface area (Å²) in [6.45, 7) is 4.67. The molecule has 0 aliphatic heterocycles. The maximum Gasteiger partial charge on any atom is 0.360 e. The van der Waals surface area contributed by atoms with Gasteiger partial charge >= 0.3 is 7.60 Å². The number of carbonyl (C=O) groups is 1. The Hall–Kier alpha value is -1.02. The molecule has 1 aromatic carbocycles. The molecule has 1 aliphatic carbocycles. The van der Waals surface area contributed by atoms with E-state index < -0.39 is 28.7 Å². The standard InChI is InChI=1S/C16H21ClNO6PS/c1-4-23-25(20,24-5-2)16(18-26(21,22)6-3)11-14(17)15(19)12-9-7-8-10-13(12)16/h7-11,18H,4-6H2,1-3H3. The van der Waals surface area contributed by atoms with E-state index in [1.165, 1.54) is 19.1 Å². The summed E-state index contributed by atoms with van der Waals surface area (Å²) in [5.41, 5.74) is 0.315. The smallest absolute Gasteiger partial charge is 0.307 e. The van der Waals surface area contributed by atoms with Gasteiger partial charge in [-0.1, -0.05) is 35.9 Å². The third-order valence-corrected chi connectivity index (χ3v) is 8.22. The summed E-state index contributed by atoms with van der Waals surface area (Å²) in [7, 11) is -8.01. The van der Waals surface area contributed by atoms with Crippen LogP contribution in [0.25, 0.3) is 0 Å². The van der Waals surface area contributed by atoms with Crippen molar-refractivity contribution in [2.24, 2.45) is 0 Å². The monoisotopic (exact) mass is 421 g/mol. The van der Waals surface area contributed by atoms with Gasteiger partial charge in [-0.3, -0.25) is 9.36 Å². The number of nitrogens with one attached hydrogen (secondary N) is 1. The minimum absolute atomic E-state index is 0.00839. The zero-order chi connectivity index (χ0) is 19.6. The van der Waals surface area contributed by atoms with Crippen molar-refractivity contribution in [3.63, 3.8) is 0 Å². The molecule has 0 saturated heterocycles. The van der Waals surface area contributed by atoms with Gasteiger partial charge in [-0.2, -0.15) is 4.72 Å². The van der Waals surface area contributed by atoms with Gasteiger partial charge in [0.2, 0.25) is 15.8 Å². The summed E-state index contributed by atoms with van der Waals surface area (Å²) in [6, 6.07) is 6.22. The average Bonchev–Trinajstić information content (AvgIpc) is 2.59. The van der Waals surface area contributed by atoms with Gasteiger partial charge in [-0.25, -0.2) is 8.42 Å². The number of Topliss-reactive ketones (excluding diaryl/α,β-unsaturated/α-hetero) is 1. The number of benzene rings is 1. The van der Waals surface area contributed by atoms with E-state index >= 15 is 0 Å². The van der Waals surface area contributed by atoms with Crippen molar-refractivity contribution >= 4 is 35.0 Å². The average molecular weight is 422 g/mol. The molecule has 0 saturated carbocycles. The molecular weight excluding hydrogens is 401 g/mol. The Labute approximate surface area is 158 Å². The molecule has 0 amide bonds. The summed E-state index contributed by atoms with van der Waals surface area (Å²) in [6.07, 6.45) is 1.12. The maximum absolute atomic E-state index is 13.7. The highest BCUT2D eigenvalue weighted by molar-refractivity contribution is 7.89. The molecule has 0 fully saturated rings. The molecule has 1 aliphatic rings. The quantitative estimate of drug-likeness (QED) is 0.646. The van der Waals surface area contributed by atoms with Crippen LogP contribution in [0.3, 0.4) is 0 Å². The molecule has 0 radical (unpaired) electrons. The zero-order valence-electron chi connectivity index (χ0n) is 14.7. The molecule has 0 bridgehead atoms. The third kappa shape index (κ3) is 3.67. The molecule has 144 valence electrons. The van der Waals surface area contributed by atoms with Crippen LogP contribution in [-0.4, -0.2) is 33.2 Å². The van der Waals surface area contributed by atoms with Crippen molar-refractivity contribution in [2.45, 2.75) is 26.1 Å². The van der Waals surface area contributed by atoms with E-state index in [0.717, 1.165) is 6.08 Å². The first kappa shape index (κ1) is 21.3. The zero-order valence-corrected chi connectivity index (χ0v) is 17.2. The van der Waals surface area contributed by atoms with Crippen LogP contribution in [-0.2, 0) is 28.9 Å². The summed E-state index contributed by atoms with van der Waals surface area (Å²) in [5, 5.41) is -2.20. The molecule has 2 rings (SSSR count). The minimum atomic E-state index is -4.13. The first-order valence-corrected chi connectivity index (χ1v) is 11.7. The Balaban J connectivity index is 2.89. The summed E-state index contributed by atoms with van der Waals surface area (Å²) in [5.74, 6) is -0.762. The van der Waals surface area contributed by atoms with E-state index in [0.29, 0.717) is 0 Å². The normalized spacial score (nSPS) is 20.6. The number of sulfonamides is 1. The molecule has 0 aromatic heterocycles. The van der Waals surface area contributed by atoms with Gasteiger partial charge in [-0.15, -0.1) is 0 Å². The van der Waals surface area contributed by atoms with E-state index in [1.54, 1.807) is 26.0 Å². The molecule has 1 N–H and O–H groups in total. The van der Waals surface area contributed by atoms with E-state index in [-0.39, 0.29) is 35.1 Å². The second kappa shape index (κ2) is 7.92. The number of ketones is 1. The highest BCUT2D eigenvalue weighted by Crippen LogP contribution is 2.66. The van der Waals surface area contributed by atoms with Crippen LogP contribution in [0.15, 0.2) is 35.4 Å². The van der Waals surface area contributed by atoms with Crippen molar-refractivity contribution in [2.75, 3.05) is 19.0 Å². The topological polar surface area (TPSA) is 98.8 Å². The lowest BCUT2D eigenvalue weighted by molar-refractivity contribution is 0.103. The van der Waals surface area contributed by atoms with Crippen LogP contribution in [0.4, 0.5) is 0 Å². The SMILES string of the molecule is CCOP(=O)(OCC)C1(NS(=O)(=O)CC)C=C(Cl)C(=O)c2ccccc21. The van der Waals surface area contributed by atoms with Crippen LogP contribution in [0, 0.1) is 0 Å². The van der Waals surface area contributed by atoms with Gasteiger partial charge < -0.3 is 9.05 Å². The first-order chi connectivity index (χ1) is 12.2. The number of hydrogen-bond donors (Lipinski definition) is 1. The molecule has 0 heterocycles. The molecule has 26 heavy (non-hydrogen) atoms. The van der Waals surface area contributed by atoms with Crippen molar-refractivity contribution in [3.8, 4) is 0 Å². The van der Waals surface area contributed by atoms with Gasteiger partial charge in [0.1, 0.15) is 0 Å². The summed E-state index contributed by atoms with van der Waals surface area (Å²) < 4.78 is 51.9. The fraction of sp³-hybridized carbons (Fsp3) is 0.438. The number of fused-ring (bicyclic) bond motifs is 1. The molecule has 1 atom stereocenters. The van der Waals surface area contributed by atoms with Gasteiger partial charge in [-0.05, 0) is 26.8 Å². The predicted octanol–water partition coefficient (Wildman–Crippen LogP) is 3.36. The second-order valence-electron chi connectivity index (χ2n) is 5.47. The van der Waals surface area contributed by atoms with Crippen molar-refractivity contribution in [3.05, 3.63) is 46.5 Å². The number of rotatable bonds is 8. The van der Waals surface area contributed by atoms with Gasteiger partial charge in [0.05, 0.1) is 24.0 Å². The first-order valence-electron chi connectivity index (χ1n) is 8.09. The molecule has 10 heteroatoms. The lowest BCUT2D eigenvalue weighted by Crippen LogP contribution is -2.48. The van der Waals surface area contributed by atoms with Crippen LogP contribution in [0.5, 0.6) is 0 Å². The van der Waals surface area contributed by atoms with E-state index in [9.17, 15) is 17.8 Å².